The molecule has 0 saturated carbocycles. The van der Waals surface area contributed by atoms with Crippen molar-refractivity contribution in [1.29, 1.82) is 0 Å². The average Bonchev–Trinajstić information content (AvgIpc) is 1.97. The summed E-state index contributed by atoms with van der Waals surface area (Å²) in [5.74, 6) is -0.272. The summed E-state index contributed by atoms with van der Waals surface area (Å²) in [7, 11) is 0. The van der Waals surface area contributed by atoms with E-state index in [4.69, 9.17) is 5.73 Å². The Morgan fingerprint density at radius 3 is 2.43 bits per heavy atom. The van der Waals surface area contributed by atoms with Crippen LogP contribution < -0.4 is 5.73 Å². The predicted molar refractivity (Wildman–Crippen MR) is 64.1 cm³/mol. The molecule has 0 aromatic heterocycles. The van der Waals surface area contributed by atoms with Gasteiger partial charge in [0.1, 0.15) is 5.82 Å². The summed E-state index contributed by atoms with van der Waals surface area (Å²) >= 11 is 4.66. The van der Waals surface area contributed by atoms with E-state index >= 15 is 0 Å². The summed E-state index contributed by atoms with van der Waals surface area (Å²) in [4.78, 5) is 0.790. The van der Waals surface area contributed by atoms with Gasteiger partial charge in [0.2, 0.25) is 0 Å². The Kier molecular flexibility index (Phi) is 3.48. The van der Waals surface area contributed by atoms with Gasteiger partial charge in [-0.25, -0.2) is 4.39 Å². The molecule has 0 aliphatic carbocycles. The van der Waals surface area contributed by atoms with E-state index in [1.807, 2.05) is 0 Å². The number of hydrogen-bond donors (Lipinski definition) is 1. The quantitative estimate of drug-likeness (QED) is 0.619. The van der Waals surface area contributed by atoms with Gasteiger partial charge in [-0.2, -0.15) is 0 Å². The lowest BCUT2D eigenvalue weighted by Crippen LogP contribution is -2.07. The fourth-order valence-corrected chi connectivity index (χ4v) is 2.32. The van der Waals surface area contributed by atoms with Crippen LogP contribution in [0.1, 0.15) is 20.8 Å². The minimum Gasteiger partial charge on any atom is -0.398 e. The lowest BCUT2D eigenvalue weighted by Gasteiger charge is -2.18. The molecule has 1 aromatic rings. The van der Waals surface area contributed by atoms with E-state index in [-0.39, 0.29) is 10.6 Å². The van der Waals surface area contributed by atoms with Crippen molar-refractivity contribution >= 4 is 33.4 Å². The molecule has 2 N–H and O–H groups in total. The van der Waals surface area contributed by atoms with Crippen LogP contribution in [0.2, 0.25) is 0 Å². The van der Waals surface area contributed by atoms with Gasteiger partial charge >= 0.3 is 0 Å². The van der Waals surface area contributed by atoms with Crippen molar-refractivity contribution in [2.24, 2.45) is 0 Å². The standard InChI is InChI=1S/C10H13BrFNS/c1-10(2,3)14-9-5-7(12)6(11)4-8(9)13/h4-5H,13H2,1-3H3. The number of anilines is 1. The van der Waals surface area contributed by atoms with Crippen molar-refractivity contribution in [2.45, 2.75) is 30.4 Å². The minimum atomic E-state index is -0.272. The van der Waals surface area contributed by atoms with Crippen molar-refractivity contribution in [2.75, 3.05) is 5.73 Å². The van der Waals surface area contributed by atoms with Crippen LogP contribution >= 0.6 is 27.7 Å². The molecule has 1 nitrogen and oxygen atoms in total. The number of nitrogens with two attached hydrogens (primary N) is 1. The first kappa shape index (κ1) is 11.9. The highest BCUT2D eigenvalue weighted by atomic mass is 79.9. The second-order valence-electron chi connectivity index (χ2n) is 4.02. The number of benzene rings is 1. The van der Waals surface area contributed by atoms with Gasteiger partial charge in [0, 0.05) is 15.3 Å². The first-order chi connectivity index (χ1) is 6.29. The molecule has 0 heterocycles. The third-order valence-corrected chi connectivity index (χ3v) is 3.26. The van der Waals surface area contributed by atoms with Crippen LogP contribution in [0.5, 0.6) is 0 Å². The molecule has 0 saturated heterocycles. The lowest BCUT2D eigenvalue weighted by atomic mass is 10.3. The second-order valence-corrected chi connectivity index (χ2v) is 6.74. The third kappa shape index (κ3) is 3.17. The molecule has 14 heavy (non-hydrogen) atoms. The predicted octanol–water partition coefficient (Wildman–Crippen LogP) is 4.06. The normalized spacial score (nSPS) is 11.8. The molecule has 0 amide bonds. The molecule has 4 heteroatoms. The van der Waals surface area contributed by atoms with Gasteiger partial charge in [0.25, 0.3) is 0 Å². The van der Waals surface area contributed by atoms with E-state index in [9.17, 15) is 4.39 Å². The van der Waals surface area contributed by atoms with E-state index < -0.39 is 0 Å². The smallest absolute Gasteiger partial charge is 0.138 e. The Morgan fingerprint density at radius 2 is 1.93 bits per heavy atom. The monoisotopic (exact) mass is 277 g/mol. The first-order valence-corrected chi connectivity index (χ1v) is 5.84. The highest BCUT2D eigenvalue weighted by Gasteiger charge is 2.15. The van der Waals surface area contributed by atoms with Crippen LogP contribution in [-0.4, -0.2) is 4.75 Å². The van der Waals surface area contributed by atoms with E-state index in [1.54, 1.807) is 17.8 Å². The number of hydrogen-bond acceptors (Lipinski definition) is 2. The molecule has 1 rings (SSSR count). The van der Waals surface area contributed by atoms with Crippen molar-refractivity contribution in [1.82, 2.24) is 0 Å². The summed E-state index contributed by atoms with van der Waals surface area (Å²) in [6, 6.07) is 3.07. The van der Waals surface area contributed by atoms with Crippen molar-refractivity contribution in [3.8, 4) is 0 Å². The second kappa shape index (κ2) is 4.11. The Hall–Kier alpha value is -0.220. The SMILES string of the molecule is CC(C)(C)Sc1cc(F)c(Br)cc1N. The van der Waals surface area contributed by atoms with E-state index in [0.29, 0.717) is 10.2 Å². The van der Waals surface area contributed by atoms with Gasteiger partial charge in [-0.05, 0) is 28.1 Å². The number of rotatable bonds is 1. The topological polar surface area (TPSA) is 26.0 Å². The third-order valence-electron chi connectivity index (χ3n) is 1.47. The Labute approximate surface area is 96.4 Å². The number of thioether (sulfide) groups is 1. The summed E-state index contributed by atoms with van der Waals surface area (Å²) in [6.45, 7) is 6.20. The summed E-state index contributed by atoms with van der Waals surface area (Å²) in [5, 5.41) is 0. The fraction of sp³-hybridized carbons (Fsp3) is 0.400. The van der Waals surface area contributed by atoms with Crippen LogP contribution in [-0.2, 0) is 0 Å². The van der Waals surface area contributed by atoms with Gasteiger partial charge in [0.15, 0.2) is 0 Å². The van der Waals surface area contributed by atoms with E-state index in [2.05, 4.69) is 36.7 Å². The van der Waals surface area contributed by atoms with Gasteiger partial charge in [-0.15, -0.1) is 11.8 Å². The van der Waals surface area contributed by atoms with Crippen LogP contribution in [0.3, 0.4) is 0 Å². The molecule has 0 fully saturated rings. The molecule has 1 aromatic carbocycles. The van der Waals surface area contributed by atoms with E-state index in [0.717, 1.165) is 4.90 Å². The first-order valence-electron chi connectivity index (χ1n) is 4.23. The zero-order valence-corrected chi connectivity index (χ0v) is 10.8. The molecule has 0 spiro atoms. The maximum atomic E-state index is 13.2. The summed E-state index contributed by atoms with van der Waals surface area (Å²) < 4.78 is 13.7. The fourth-order valence-electron chi connectivity index (χ4n) is 0.962. The number of halogens is 2. The molecule has 0 bridgehead atoms. The Balaban J connectivity index is 3.04. The van der Waals surface area contributed by atoms with Crippen molar-refractivity contribution in [3.05, 3.63) is 22.4 Å². The van der Waals surface area contributed by atoms with E-state index in [1.165, 1.54) is 6.07 Å². The number of nitrogen functional groups attached to an aromatic ring is 1. The van der Waals surface area contributed by atoms with Crippen LogP contribution in [0.25, 0.3) is 0 Å². The Bertz CT molecular complexity index is 347. The summed E-state index contributed by atoms with van der Waals surface area (Å²) in [5.41, 5.74) is 6.39. The highest BCUT2D eigenvalue weighted by Crippen LogP contribution is 2.37. The van der Waals surface area contributed by atoms with Gasteiger partial charge < -0.3 is 5.73 Å². The molecule has 0 aliphatic heterocycles. The minimum absolute atomic E-state index is 0.0361. The van der Waals surface area contributed by atoms with Crippen LogP contribution in [0.15, 0.2) is 21.5 Å². The maximum absolute atomic E-state index is 13.2. The molecule has 0 unspecified atom stereocenters. The molecule has 0 radical (unpaired) electrons. The van der Waals surface area contributed by atoms with Crippen molar-refractivity contribution in [3.63, 3.8) is 0 Å². The average molecular weight is 278 g/mol. The van der Waals surface area contributed by atoms with Gasteiger partial charge in [-0.1, -0.05) is 20.8 Å². The highest BCUT2D eigenvalue weighted by molar-refractivity contribution is 9.10. The van der Waals surface area contributed by atoms with Gasteiger partial charge in [-0.3, -0.25) is 0 Å². The zero-order chi connectivity index (χ0) is 10.9. The van der Waals surface area contributed by atoms with Crippen LogP contribution in [0.4, 0.5) is 10.1 Å². The molecular formula is C10H13BrFNS. The molecule has 0 aliphatic rings. The van der Waals surface area contributed by atoms with Crippen LogP contribution in [0, 0.1) is 5.82 Å². The Morgan fingerprint density at radius 1 is 1.36 bits per heavy atom. The maximum Gasteiger partial charge on any atom is 0.138 e. The lowest BCUT2D eigenvalue weighted by molar-refractivity contribution is 0.617. The molecular weight excluding hydrogens is 265 g/mol. The zero-order valence-electron chi connectivity index (χ0n) is 8.40. The largest absolute Gasteiger partial charge is 0.398 e. The van der Waals surface area contributed by atoms with Crippen molar-refractivity contribution < 1.29 is 4.39 Å². The molecule has 78 valence electrons. The summed E-state index contributed by atoms with van der Waals surface area (Å²) in [6.07, 6.45) is 0. The molecule has 0 atom stereocenters. The van der Waals surface area contributed by atoms with Gasteiger partial charge in [0.05, 0.1) is 4.47 Å².